The van der Waals surface area contributed by atoms with Gasteiger partial charge in [0.25, 0.3) is 0 Å². The topological polar surface area (TPSA) is 36.9 Å². The molecule has 3 aromatic carbocycles. The van der Waals surface area contributed by atoms with Gasteiger partial charge in [-0.3, -0.25) is 0 Å². The van der Waals surface area contributed by atoms with Crippen LogP contribution in [0.5, 0.6) is 0 Å². The molecule has 0 bridgehead atoms. The van der Waals surface area contributed by atoms with E-state index in [-0.39, 0.29) is 6.61 Å². The van der Waals surface area contributed by atoms with Crippen LogP contribution < -0.4 is 0 Å². The Morgan fingerprint density at radius 2 is 1.50 bits per heavy atom. The molecule has 2 heterocycles. The number of rotatable bonds is 6. The van der Waals surface area contributed by atoms with Gasteiger partial charge in [-0.25, -0.2) is 4.39 Å². The minimum atomic E-state index is -1.35. The number of fused-ring (bicyclic) bond motifs is 1. The Balaban J connectivity index is 1.35. The Morgan fingerprint density at radius 1 is 0.844 bits per heavy atom. The Labute approximate surface area is 191 Å². The van der Waals surface area contributed by atoms with E-state index in [0.717, 1.165) is 16.0 Å². The second-order valence-electron chi connectivity index (χ2n) is 7.86. The monoisotopic (exact) mass is 452 g/mol. The van der Waals surface area contributed by atoms with Gasteiger partial charge >= 0.3 is 0 Å². The van der Waals surface area contributed by atoms with E-state index in [1.165, 1.54) is 11.8 Å². The number of halogens is 1. The molecule has 0 saturated carbocycles. The molecule has 2 aliphatic heterocycles. The van der Waals surface area contributed by atoms with Crippen molar-refractivity contribution in [3.05, 3.63) is 102 Å². The lowest BCUT2D eigenvalue weighted by molar-refractivity contribution is -0.313. The van der Waals surface area contributed by atoms with Crippen molar-refractivity contribution in [2.75, 3.05) is 6.61 Å². The molecule has 0 aromatic heterocycles. The van der Waals surface area contributed by atoms with Crippen LogP contribution in [0.3, 0.4) is 0 Å². The van der Waals surface area contributed by atoms with Gasteiger partial charge in [0.1, 0.15) is 23.7 Å². The predicted octanol–water partition coefficient (Wildman–Crippen LogP) is 5.54. The van der Waals surface area contributed by atoms with Gasteiger partial charge in [-0.1, -0.05) is 90.6 Å². The number of thioether (sulfide) groups is 1. The molecule has 3 aromatic rings. The van der Waals surface area contributed by atoms with Gasteiger partial charge in [0.2, 0.25) is 0 Å². The van der Waals surface area contributed by atoms with Crippen molar-refractivity contribution in [3.8, 4) is 0 Å². The summed E-state index contributed by atoms with van der Waals surface area (Å²) >= 11 is 1.47. The first-order valence-corrected chi connectivity index (χ1v) is 11.6. The molecule has 32 heavy (non-hydrogen) atoms. The lowest BCUT2D eigenvalue weighted by Crippen LogP contribution is -2.60. The number of hydrogen-bond acceptors (Lipinski definition) is 5. The minimum absolute atomic E-state index is 0.266. The standard InChI is InChI=1S/C26H25FO4S/c27-22-23-21(17-29-25(31-23)19-12-6-2-7-13-19)30-26(32-20-14-8-3-9-15-20)24(22)28-16-18-10-4-1-5-11-18/h1-15,21-26H,16-17H2/t21-,22+,23-,24+,25?,26+/m1/s1. The number of alkyl halides is 1. The van der Waals surface area contributed by atoms with E-state index in [1.54, 1.807) is 0 Å². The fraction of sp³-hybridized carbons (Fsp3) is 0.308. The molecule has 0 N–H and O–H groups in total. The summed E-state index contributed by atoms with van der Waals surface area (Å²) in [5, 5.41) is 0. The highest BCUT2D eigenvalue weighted by atomic mass is 32.2. The Kier molecular flexibility index (Phi) is 6.86. The van der Waals surface area contributed by atoms with E-state index in [2.05, 4.69) is 0 Å². The molecule has 2 fully saturated rings. The van der Waals surface area contributed by atoms with Crippen LogP contribution in [-0.4, -0.2) is 36.5 Å². The molecule has 1 unspecified atom stereocenters. The summed E-state index contributed by atoms with van der Waals surface area (Å²) in [6, 6.07) is 29.2. The van der Waals surface area contributed by atoms with Gasteiger partial charge in [-0.15, -0.1) is 0 Å². The average molecular weight is 453 g/mol. The van der Waals surface area contributed by atoms with Gasteiger partial charge in [-0.2, -0.15) is 0 Å². The van der Waals surface area contributed by atoms with Gasteiger partial charge in [0.15, 0.2) is 12.5 Å². The zero-order valence-corrected chi connectivity index (χ0v) is 18.3. The summed E-state index contributed by atoms with van der Waals surface area (Å²) in [5.74, 6) is 0. The second kappa shape index (κ2) is 10.1. The third-order valence-corrected chi connectivity index (χ3v) is 6.77. The molecule has 0 aliphatic carbocycles. The number of benzene rings is 3. The van der Waals surface area contributed by atoms with Gasteiger partial charge in [0.05, 0.1) is 13.2 Å². The van der Waals surface area contributed by atoms with E-state index in [9.17, 15) is 0 Å². The highest BCUT2D eigenvalue weighted by Crippen LogP contribution is 2.41. The molecular weight excluding hydrogens is 427 g/mol. The first-order chi connectivity index (χ1) is 15.8. The molecule has 6 atom stereocenters. The van der Waals surface area contributed by atoms with E-state index >= 15 is 4.39 Å². The summed E-state index contributed by atoms with van der Waals surface area (Å²) < 4.78 is 40.3. The molecule has 5 rings (SSSR count). The molecule has 4 nitrogen and oxygen atoms in total. The van der Waals surface area contributed by atoms with Crippen LogP contribution in [-0.2, 0) is 25.6 Å². The zero-order chi connectivity index (χ0) is 21.8. The smallest absolute Gasteiger partial charge is 0.184 e. The predicted molar refractivity (Wildman–Crippen MR) is 121 cm³/mol. The maximum absolute atomic E-state index is 15.9. The Hall–Kier alpha value is -2.22. The van der Waals surface area contributed by atoms with Gasteiger partial charge < -0.3 is 18.9 Å². The van der Waals surface area contributed by atoms with Crippen molar-refractivity contribution in [1.29, 1.82) is 0 Å². The third-order valence-electron chi connectivity index (χ3n) is 5.62. The molecule has 2 saturated heterocycles. The maximum Gasteiger partial charge on any atom is 0.184 e. The first-order valence-electron chi connectivity index (χ1n) is 10.8. The Morgan fingerprint density at radius 3 is 2.22 bits per heavy atom. The average Bonchev–Trinajstić information content (AvgIpc) is 2.85. The largest absolute Gasteiger partial charge is 0.367 e. The van der Waals surface area contributed by atoms with Crippen molar-refractivity contribution in [1.82, 2.24) is 0 Å². The van der Waals surface area contributed by atoms with Crippen molar-refractivity contribution in [2.45, 2.75) is 47.7 Å². The van der Waals surface area contributed by atoms with E-state index in [1.807, 2.05) is 91.0 Å². The fourth-order valence-corrected chi connectivity index (χ4v) is 5.12. The quantitative estimate of drug-likeness (QED) is 0.491. The van der Waals surface area contributed by atoms with Crippen LogP contribution in [0.1, 0.15) is 17.4 Å². The zero-order valence-electron chi connectivity index (χ0n) is 17.5. The molecule has 166 valence electrons. The number of hydrogen-bond donors (Lipinski definition) is 0. The van der Waals surface area contributed by atoms with E-state index in [4.69, 9.17) is 18.9 Å². The molecular formula is C26H25FO4S. The van der Waals surface area contributed by atoms with Crippen LogP contribution in [0.15, 0.2) is 95.9 Å². The molecule has 6 heteroatoms. The SMILES string of the molecule is F[C@H]1[C@@H]2OC(c3ccccc3)OC[C@H]2O[C@@H](Sc2ccccc2)[C@H]1OCc1ccccc1. The second-order valence-corrected chi connectivity index (χ2v) is 9.03. The van der Waals surface area contributed by atoms with Crippen LogP contribution >= 0.6 is 11.8 Å². The van der Waals surface area contributed by atoms with Crippen molar-refractivity contribution >= 4 is 11.8 Å². The highest BCUT2D eigenvalue weighted by Gasteiger charge is 2.51. The van der Waals surface area contributed by atoms with Crippen LogP contribution in [0.4, 0.5) is 4.39 Å². The van der Waals surface area contributed by atoms with Crippen molar-refractivity contribution in [2.24, 2.45) is 0 Å². The molecule has 0 radical (unpaired) electrons. The molecule has 2 aliphatic rings. The minimum Gasteiger partial charge on any atom is -0.367 e. The molecule has 0 amide bonds. The van der Waals surface area contributed by atoms with Crippen molar-refractivity contribution in [3.63, 3.8) is 0 Å². The van der Waals surface area contributed by atoms with E-state index < -0.39 is 36.2 Å². The Bertz CT molecular complexity index is 975. The molecule has 0 spiro atoms. The summed E-state index contributed by atoms with van der Waals surface area (Å²) in [5.41, 5.74) is 1.33. The first kappa shape index (κ1) is 21.6. The lowest BCUT2D eigenvalue weighted by atomic mass is 9.99. The normalized spacial score (nSPS) is 29.9. The van der Waals surface area contributed by atoms with Crippen LogP contribution in [0, 0.1) is 0 Å². The van der Waals surface area contributed by atoms with Crippen LogP contribution in [0.2, 0.25) is 0 Å². The van der Waals surface area contributed by atoms with E-state index in [0.29, 0.717) is 6.61 Å². The van der Waals surface area contributed by atoms with Crippen LogP contribution in [0.25, 0.3) is 0 Å². The fourth-order valence-electron chi connectivity index (χ4n) is 3.98. The van der Waals surface area contributed by atoms with Gasteiger partial charge in [0, 0.05) is 10.5 Å². The number of ether oxygens (including phenoxy) is 4. The van der Waals surface area contributed by atoms with Gasteiger partial charge in [-0.05, 0) is 17.7 Å². The summed E-state index contributed by atoms with van der Waals surface area (Å²) in [4.78, 5) is 0.997. The third kappa shape index (κ3) is 4.90. The maximum atomic E-state index is 15.9. The highest BCUT2D eigenvalue weighted by molar-refractivity contribution is 7.99. The summed E-state index contributed by atoms with van der Waals surface area (Å²) in [6.07, 6.45) is -4.01. The lowest BCUT2D eigenvalue weighted by Gasteiger charge is -2.46. The van der Waals surface area contributed by atoms with Crippen molar-refractivity contribution < 1.29 is 23.3 Å². The summed E-state index contributed by atoms with van der Waals surface area (Å²) in [6.45, 7) is 0.568. The summed E-state index contributed by atoms with van der Waals surface area (Å²) in [7, 11) is 0.